The van der Waals surface area contributed by atoms with E-state index in [0.29, 0.717) is 0 Å². The SMILES string of the molecule is Cc1ccccc1NC(=O)CSc1nc(-c2ccccc2)c(-c2ccccc2)n1-c1ccccc1. The highest BCUT2D eigenvalue weighted by Gasteiger charge is 2.22. The van der Waals surface area contributed by atoms with Crippen molar-refractivity contribution in [2.24, 2.45) is 0 Å². The summed E-state index contributed by atoms with van der Waals surface area (Å²) in [6, 6.07) is 38.5. The van der Waals surface area contributed by atoms with Crippen molar-refractivity contribution >= 4 is 23.4 Å². The molecule has 0 fully saturated rings. The number of hydrogen-bond acceptors (Lipinski definition) is 3. The molecule has 5 aromatic rings. The van der Waals surface area contributed by atoms with Crippen LogP contribution in [0.2, 0.25) is 0 Å². The van der Waals surface area contributed by atoms with Gasteiger partial charge in [0.1, 0.15) is 0 Å². The Morgan fingerprint density at radius 3 is 2.00 bits per heavy atom. The number of thioether (sulfide) groups is 1. The van der Waals surface area contributed by atoms with Crippen molar-refractivity contribution in [1.82, 2.24) is 9.55 Å². The van der Waals surface area contributed by atoms with E-state index < -0.39 is 0 Å². The molecule has 172 valence electrons. The van der Waals surface area contributed by atoms with Gasteiger partial charge in [-0.05, 0) is 30.7 Å². The van der Waals surface area contributed by atoms with E-state index in [4.69, 9.17) is 4.98 Å². The molecule has 1 amide bonds. The summed E-state index contributed by atoms with van der Waals surface area (Å²) >= 11 is 1.44. The van der Waals surface area contributed by atoms with Gasteiger partial charge in [-0.15, -0.1) is 0 Å². The molecule has 0 spiro atoms. The summed E-state index contributed by atoms with van der Waals surface area (Å²) in [5.41, 5.74) is 6.87. The molecule has 0 radical (unpaired) electrons. The summed E-state index contributed by atoms with van der Waals surface area (Å²) in [5, 5.41) is 3.80. The maximum absolute atomic E-state index is 12.8. The molecule has 0 aliphatic rings. The van der Waals surface area contributed by atoms with E-state index >= 15 is 0 Å². The van der Waals surface area contributed by atoms with E-state index in [1.807, 2.05) is 85.8 Å². The number of aryl methyl sites for hydroxylation is 1. The van der Waals surface area contributed by atoms with E-state index in [1.54, 1.807) is 0 Å². The van der Waals surface area contributed by atoms with Gasteiger partial charge in [0.15, 0.2) is 5.16 Å². The van der Waals surface area contributed by atoms with Gasteiger partial charge >= 0.3 is 0 Å². The smallest absolute Gasteiger partial charge is 0.234 e. The normalized spacial score (nSPS) is 10.8. The molecular formula is C30H25N3OS. The zero-order valence-electron chi connectivity index (χ0n) is 19.4. The number of aromatic nitrogens is 2. The third-order valence-corrected chi connectivity index (χ3v) is 6.65. The summed E-state index contributed by atoms with van der Waals surface area (Å²) < 4.78 is 2.16. The zero-order chi connectivity index (χ0) is 24.0. The van der Waals surface area contributed by atoms with Gasteiger partial charge in [-0.3, -0.25) is 9.36 Å². The number of benzene rings is 4. The second kappa shape index (κ2) is 10.5. The first-order chi connectivity index (χ1) is 17.2. The lowest BCUT2D eigenvalue weighted by Gasteiger charge is -2.13. The largest absolute Gasteiger partial charge is 0.325 e. The molecule has 5 heteroatoms. The van der Waals surface area contributed by atoms with E-state index in [-0.39, 0.29) is 11.7 Å². The highest BCUT2D eigenvalue weighted by Crippen LogP contribution is 2.38. The maximum Gasteiger partial charge on any atom is 0.234 e. The van der Waals surface area contributed by atoms with Crippen LogP contribution in [0.15, 0.2) is 120 Å². The Hall–Kier alpha value is -4.09. The van der Waals surface area contributed by atoms with E-state index in [2.05, 4.69) is 46.3 Å². The van der Waals surface area contributed by atoms with Crippen LogP contribution in [0.3, 0.4) is 0 Å². The van der Waals surface area contributed by atoms with Crippen LogP contribution in [0.25, 0.3) is 28.2 Å². The number of rotatable bonds is 7. The molecule has 35 heavy (non-hydrogen) atoms. The van der Waals surface area contributed by atoms with Crippen LogP contribution >= 0.6 is 11.8 Å². The van der Waals surface area contributed by atoms with Gasteiger partial charge < -0.3 is 5.32 Å². The van der Waals surface area contributed by atoms with E-state index in [1.165, 1.54) is 11.8 Å². The monoisotopic (exact) mass is 475 g/mol. The lowest BCUT2D eigenvalue weighted by atomic mass is 10.0. The topological polar surface area (TPSA) is 46.9 Å². The van der Waals surface area contributed by atoms with E-state index in [9.17, 15) is 4.79 Å². The summed E-state index contributed by atoms with van der Waals surface area (Å²) in [7, 11) is 0. The van der Waals surface area contributed by atoms with Crippen LogP contribution in [-0.2, 0) is 4.79 Å². The van der Waals surface area contributed by atoms with Crippen molar-refractivity contribution in [2.75, 3.05) is 11.1 Å². The Morgan fingerprint density at radius 2 is 1.34 bits per heavy atom. The number of nitrogens with zero attached hydrogens (tertiary/aromatic N) is 2. The van der Waals surface area contributed by atoms with Gasteiger partial charge in [0, 0.05) is 22.5 Å². The molecule has 1 heterocycles. The fraction of sp³-hybridized carbons (Fsp3) is 0.0667. The molecule has 1 N–H and O–H groups in total. The molecule has 1 aromatic heterocycles. The average molecular weight is 476 g/mol. The average Bonchev–Trinajstić information content (AvgIpc) is 3.30. The molecule has 0 saturated heterocycles. The van der Waals surface area contributed by atoms with Crippen molar-refractivity contribution in [2.45, 2.75) is 12.1 Å². The number of imidazole rings is 1. The Kier molecular flexibility index (Phi) is 6.77. The van der Waals surface area contributed by atoms with Crippen molar-refractivity contribution in [3.8, 4) is 28.2 Å². The van der Waals surface area contributed by atoms with Crippen LogP contribution in [0.1, 0.15) is 5.56 Å². The van der Waals surface area contributed by atoms with Crippen molar-refractivity contribution in [3.63, 3.8) is 0 Å². The number of amides is 1. The Balaban J connectivity index is 1.57. The minimum atomic E-state index is -0.0607. The zero-order valence-corrected chi connectivity index (χ0v) is 20.2. The Bertz CT molecular complexity index is 1430. The summed E-state index contributed by atoms with van der Waals surface area (Å²) in [5.74, 6) is 0.190. The maximum atomic E-state index is 12.8. The molecule has 4 aromatic carbocycles. The first kappa shape index (κ1) is 22.7. The van der Waals surface area contributed by atoms with Gasteiger partial charge in [0.25, 0.3) is 0 Å². The van der Waals surface area contributed by atoms with Crippen LogP contribution in [0.5, 0.6) is 0 Å². The standard InChI is InChI=1S/C30H25N3OS/c1-22-13-11-12-20-26(22)31-27(34)21-35-30-32-28(23-14-5-2-6-15-23)29(24-16-7-3-8-17-24)33(30)25-18-9-4-10-19-25/h2-20H,21H2,1H3,(H,31,34). The Labute approximate surface area is 209 Å². The lowest BCUT2D eigenvalue weighted by molar-refractivity contribution is -0.113. The van der Waals surface area contributed by atoms with Gasteiger partial charge in [0.2, 0.25) is 5.91 Å². The third kappa shape index (κ3) is 5.05. The number of carbonyl (C=O) groups excluding carboxylic acids is 1. The number of carbonyl (C=O) groups is 1. The molecule has 4 nitrogen and oxygen atoms in total. The van der Waals surface area contributed by atoms with Crippen molar-refractivity contribution in [1.29, 1.82) is 0 Å². The molecule has 0 aliphatic carbocycles. The number of anilines is 1. The van der Waals surface area contributed by atoms with Gasteiger partial charge in [-0.2, -0.15) is 0 Å². The van der Waals surface area contributed by atoms with Crippen LogP contribution < -0.4 is 5.32 Å². The first-order valence-electron chi connectivity index (χ1n) is 11.5. The molecule has 5 rings (SSSR count). The molecular weight excluding hydrogens is 450 g/mol. The highest BCUT2D eigenvalue weighted by atomic mass is 32.2. The number of hydrogen-bond donors (Lipinski definition) is 1. The summed E-state index contributed by atoms with van der Waals surface area (Å²) in [4.78, 5) is 17.9. The van der Waals surface area contributed by atoms with Crippen molar-refractivity contribution in [3.05, 3.63) is 121 Å². The molecule has 0 saturated carbocycles. The minimum absolute atomic E-state index is 0.0607. The van der Waals surface area contributed by atoms with E-state index in [0.717, 1.165) is 44.6 Å². The second-order valence-corrected chi connectivity index (χ2v) is 9.09. The molecule has 0 aliphatic heterocycles. The predicted molar refractivity (Wildman–Crippen MR) is 145 cm³/mol. The van der Waals surface area contributed by atoms with Crippen LogP contribution in [0.4, 0.5) is 5.69 Å². The second-order valence-electron chi connectivity index (χ2n) is 8.15. The Morgan fingerprint density at radius 1 is 0.771 bits per heavy atom. The minimum Gasteiger partial charge on any atom is -0.325 e. The predicted octanol–water partition coefficient (Wildman–Crippen LogP) is 7.25. The fourth-order valence-corrected chi connectivity index (χ4v) is 4.82. The molecule has 0 bridgehead atoms. The van der Waals surface area contributed by atoms with Crippen LogP contribution in [0, 0.1) is 6.92 Å². The quantitative estimate of drug-likeness (QED) is 0.252. The van der Waals surface area contributed by atoms with Gasteiger partial charge in [-0.1, -0.05) is 109 Å². The summed E-state index contributed by atoms with van der Waals surface area (Å²) in [6.45, 7) is 1.99. The van der Waals surface area contributed by atoms with Crippen LogP contribution in [-0.4, -0.2) is 21.2 Å². The highest BCUT2D eigenvalue weighted by molar-refractivity contribution is 7.99. The van der Waals surface area contributed by atoms with Gasteiger partial charge in [-0.25, -0.2) is 4.98 Å². The summed E-state index contributed by atoms with van der Waals surface area (Å²) in [6.07, 6.45) is 0. The molecule has 0 atom stereocenters. The fourth-order valence-electron chi connectivity index (χ4n) is 4.00. The van der Waals surface area contributed by atoms with Crippen molar-refractivity contribution < 1.29 is 4.79 Å². The third-order valence-electron chi connectivity index (χ3n) is 5.71. The number of nitrogens with one attached hydrogen (secondary N) is 1. The van der Waals surface area contributed by atoms with Gasteiger partial charge in [0.05, 0.1) is 17.1 Å². The first-order valence-corrected chi connectivity index (χ1v) is 12.5. The molecule has 0 unspecified atom stereocenters. The lowest BCUT2D eigenvalue weighted by Crippen LogP contribution is -2.15. The number of para-hydroxylation sites is 2.